The van der Waals surface area contributed by atoms with Gasteiger partial charge in [0.25, 0.3) is 0 Å². The Balaban J connectivity index is 1.55. The maximum absolute atomic E-state index is 12.6. The first-order valence-corrected chi connectivity index (χ1v) is 10.3. The fourth-order valence-electron chi connectivity index (χ4n) is 3.77. The Morgan fingerprint density at radius 2 is 1.91 bits per heavy atom. The van der Waals surface area contributed by atoms with Gasteiger partial charge in [0.2, 0.25) is 5.91 Å². The van der Waals surface area contributed by atoms with Crippen molar-refractivity contribution >= 4 is 29.3 Å². The molecule has 1 atom stereocenters. The Bertz CT molecular complexity index is 530. The highest BCUT2D eigenvalue weighted by molar-refractivity contribution is 7.99. The van der Waals surface area contributed by atoms with Crippen LogP contribution in [0.4, 0.5) is 0 Å². The molecule has 0 bridgehead atoms. The van der Waals surface area contributed by atoms with Crippen LogP contribution < -0.4 is 0 Å². The number of hydrogen-bond donors (Lipinski definition) is 0. The SMILES string of the molecule is O=C(CC1CCCCC1)N1CCSC(c2ccccc2Cl)CC1. The number of thioether (sulfide) groups is 1. The van der Waals surface area contributed by atoms with Crippen molar-refractivity contribution in [3.63, 3.8) is 0 Å². The lowest BCUT2D eigenvalue weighted by Gasteiger charge is -2.26. The molecule has 1 aromatic rings. The molecule has 1 aliphatic heterocycles. The molecule has 2 fully saturated rings. The minimum Gasteiger partial charge on any atom is -0.342 e. The summed E-state index contributed by atoms with van der Waals surface area (Å²) in [6.45, 7) is 1.76. The molecule has 23 heavy (non-hydrogen) atoms. The van der Waals surface area contributed by atoms with Gasteiger partial charge in [0.05, 0.1) is 0 Å². The van der Waals surface area contributed by atoms with Crippen LogP contribution in [0.5, 0.6) is 0 Å². The van der Waals surface area contributed by atoms with Gasteiger partial charge >= 0.3 is 0 Å². The fourth-order valence-corrected chi connectivity index (χ4v) is 5.37. The van der Waals surface area contributed by atoms with Crippen LogP contribution in [-0.4, -0.2) is 29.6 Å². The largest absolute Gasteiger partial charge is 0.342 e. The van der Waals surface area contributed by atoms with Crippen molar-refractivity contribution in [2.24, 2.45) is 5.92 Å². The number of rotatable bonds is 3. The molecule has 2 aliphatic rings. The average Bonchev–Trinajstić information content (AvgIpc) is 2.82. The van der Waals surface area contributed by atoms with E-state index in [9.17, 15) is 4.79 Å². The zero-order chi connectivity index (χ0) is 16.1. The van der Waals surface area contributed by atoms with Gasteiger partial charge in [-0.15, -0.1) is 0 Å². The predicted octanol–water partition coefficient (Wildman–Crippen LogP) is 5.32. The van der Waals surface area contributed by atoms with Crippen molar-refractivity contribution in [2.45, 2.75) is 50.2 Å². The third-order valence-electron chi connectivity index (χ3n) is 5.13. The van der Waals surface area contributed by atoms with Gasteiger partial charge in [0.15, 0.2) is 0 Å². The molecule has 3 rings (SSSR count). The van der Waals surface area contributed by atoms with Gasteiger partial charge in [-0.25, -0.2) is 0 Å². The van der Waals surface area contributed by atoms with E-state index in [2.05, 4.69) is 17.0 Å². The van der Waals surface area contributed by atoms with Crippen molar-refractivity contribution in [1.29, 1.82) is 0 Å². The number of benzene rings is 1. The average molecular weight is 352 g/mol. The number of nitrogens with zero attached hydrogens (tertiary/aromatic N) is 1. The number of hydrogen-bond acceptors (Lipinski definition) is 2. The molecule has 1 unspecified atom stereocenters. The van der Waals surface area contributed by atoms with Gasteiger partial charge in [-0.2, -0.15) is 11.8 Å². The molecule has 1 aromatic carbocycles. The minimum atomic E-state index is 0.373. The Labute approximate surface area is 149 Å². The Morgan fingerprint density at radius 1 is 1.13 bits per heavy atom. The zero-order valence-electron chi connectivity index (χ0n) is 13.7. The highest BCUT2D eigenvalue weighted by Gasteiger charge is 2.25. The smallest absolute Gasteiger partial charge is 0.222 e. The Hall–Kier alpha value is -0.670. The summed E-state index contributed by atoms with van der Waals surface area (Å²) >= 11 is 8.28. The summed E-state index contributed by atoms with van der Waals surface area (Å²) in [4.78, 5) is 14.7. The van der Waals surface area contributed by atoms with Gasteiger partial charge < -0.3 is 4.90 Å². The molecule has 0 N–H and O–H groups in total. The first kappa shape index (κ1) is 17.2. The van der Waals surface area contributed by atoms with E-state index in [4.69, 9.17) is 11.6 Å². The van der Waals surface area contributed by atoms with E-state index in [0.29, 0.717) is 17.1 Å². The van der Waals surface area contributed by atoms with Crippen LogP contribution in [0.15, 0.2) is 24.3 Å². The molecular weight excluding hydrogens is 326 g/mol. The van der Waals surface area contributed by atoms with Gasteiger partial charge in [0.1, 0.15) is 0 Å². The van der Waals surface area contributed by atoms with Crippen LogP contribution in [0.25, 0.3) is 0 Å². The van der Waals surface area contributed by atoms with Gasteiger partial charge in [-0.05, 0) is 36.8 Å². The molecule has 1 aliphatic carbocycles. The van der Waals surface area contributed by atoms with E-state index in [1.54, 1.807) is 0 Å². The quantitative estimate of drug-likeness (QED) is 0.734. The first-order chi connectivity index (χ1) is 11.2. The van der Waals surface area contributed by atoms with Crippen LogP contribution >= 0.6 is 23.4 Å². The number of amides is 1. The lowest BCUT2D eigenvalue weighted by atomic mass is 9.86. The molecule has 0 radical (unpaired) electrons. The van der Waals surface area contributed by atoms with Gasteiger partial charge in [-0.3, -0.25) is 4.79 Å². The highest BCUT2D eigenvalue weighted by atomic mass is 35.5. The van der Waals surface area contributed by atoms with Crippen LogP contribution in [0, 0.1) is 5.92 Å². The van der Waals surface area contributed by atoms with Crippen LogP contribution in [0.3, 0.4) is 0 Å². The summed E-state index contributed by atoms with van der Waals surface area (Å²) in [5.74, 6) is 2.01. The summed E-state index contributed by atoms with van der Waals surface area (Å²) in [5, 5.41) is 1.27. The van der Waals surface area contributed by atoms with Gasteiger partial charge in [0, 0.05) is 35.5 Å². The topological polar surface area (TPSA) is 20.3 Å². The predicted molar refractivity (Wildman–Crippen MR) is 99.0 cm³/mol. The van der Waals surface area contributed by atoms with Crippen molar-refractivity contribution < 1.29 is 4.79 Å². The molecule has 1 amide bonds. The number of halogens is 1. The summed E-state index contributed by atoms with van der Waals surface area (Å²) in [7, 11) is 0. The molecule has 0 spiro atoms. The number of carbonyl (C=O) groups is 1. The molecule has 4 heteroatoms. The van der Waals surface area contributed by atoms with E-state index >= 15 is 0 Å². The molecule has 1 saturated carbocycles. The minimum absolute atomic E-state index is 0.373. The van der Waals surface area contributed by atoms with E-state index in [1.165, 1.54) is 37.7 Å². The van der Waals surface area contributed by atoms with Crippen molar-refractivity contribution in [1.82, 2.24) is 4.90 Å². The van der Waals surface area contributed by atoms with E-state index < -0.39 is 0 Å². The number of carbonyl (C=O) groups excluding carboxylic acids is 1. The van der Waals surface area contributed by atoms with E-state index in [-0.39, 0.29) is 0 Å². The standard InChI is InChI=1S/C19H26ClNOS/c20-17-9-5-4-8-16(17)18-10-11-21(12-13-23-18)19(22)14-15-6-2-1-3-7-15/h4-5,8-9,15,18H,1-3,6-7,10-14H2. The van der Waals surface area contributed by atoms with Gasteiger partial charge in [-0.1, -0.05) is 49.1 Å². The Morgan fingerprint density at radius 3 is 2.70 bits per heavy atom. The zero-order valence-corrected chi connectivity index (χ0v) is 15.2. The van der Waals surface area contributed by atoms with E-state index in [0.717, 1.165) is 36.7 Å². The normalized spacial score (nSPS) is 23.5. The molecule has 2 nitrogen and oxygen atoms in total. The van der Waals surface area contributed by atoms with Crippen molar-refractivity contribution in [3.05, 3.63) is 34.9 Å². The summed E-state index contributed by atoms with van der Waals surface area (Å²) in [6, 6.07) is 8.12. The lowest BCUT2D eigenvalue weighted by molar-refractivity contribution is -0.132. The first-order valence-electron chi connectivity index (χ1n) is 8.88. The molecule has 1 saturated heterocycles. The summed E-state index contributed by atoms with van der Waals surface area (Å²) in [6.07, 6.45) is 8.23. The maximum atomic E-state index is 12.6. The van der Waals surface area contributed by atoms with Crippen molar-refractivity contribution in [2.75, 3.05) is 18.8 Å². The van der Waals surface area contributed by atoms with E-state index in [1.807, 2.05) is 23.9 Å². The lowest BCUT2D eigenvalue weighted by Crippen LogP contribution is -2.34. The molecule has 0 aromatic heterocycles. The van der Waals surface area contributed by atoms with Crippen molar-refractivity contribution in [3.8, 4) is 0 Å². The second kappa shape index (κ2) is 8.43. The summed E-state index contributed by atoms with van der Waals surface area (Å²) in [5.41, 5.74) is 1.22. The molecular formula is C19H26ClNOS. The Kier molecular flexibility index (Phi) is 6.29. The third kappa shape index (κ3) is 4.67. The maximum Gasteiger partial charge on any atom is 0.222 e. The summed E-state index contributed by atoms with van der Waals surface area (Å²) < 4.78 is 0. The monoisotopic (exact) mass is 351 g/mol. The highest BCUT2D eigenvalue weighted by Crippen LogP contribution is 2.38. The third-order valence-corrected chi connectivity index (χ3v) is 6.79. The van der Waals surface area contributed by atoms with Crippen LogP contribution in [-0.2, 0) is 4.79 Å². The fraction of sp³-hybridized carbons (Fsp3) is 0.632. The second-order valence-corrected chi connectivity index (χ2v) is 8.48. The van der Waals surface area contributed by atoms with Crippen LogP contribution in [0.1, 0.15) is 55.8 Å². The van der Waals surface area contributed by atoms with Crippen LogP contribution in [0.2, 0.25) is 5.02 Å². The molecule has 1 heterocycles. The molecule has 126 valence electrons. The second-order valence-electron chi connectivity index (χ2n) is 6.76.